The summed E-state index contributed by atoms with van der Waals surface area (Å²) < 4.78 is 4.65. The monoisotopic (exact) mass is 243 g/mol. The summed E-state index contributed by atoms with van der Waals surface area (Å²) in [6.07, 6.45) is 5.12. The topological polar surface area (TPSA) is 55.4 Å². The summed E-state index contributed by atoms with van der Waals surface area (Å²) in [5.41, 5.74) is 2.41. The summed E-state index contributed by atoms with van der Waals surface area (Å²) in [6, 6.07) is 8.20. The molecular formula is C14H13NO3. The van der Waals surface area contributed by atoms with E-state index in [4.69, 9.17) is 0 Å². The van der Waals surface area contributed by atoms with Crippen LogP contribution >= 0.6 is 0 Å². The van der Waals surface area contributed by atoms with Crippen LogP contribution in [0.4, 0.5) is 4.79 Å². The van der Waals surface area contributed by atoms with Gasteiger partial charge in [0.1, 0.15) is 0 Å². The van der Waals surface area contributed by atoms with Gasteiger partial charge in [0.15, 0.2) is 5.76 Å². The zero-order valence-corrected chi connectivity index (χ0v) is 9.97. The van der Waals surface area contributed by atoms with E-state index in [0.29, 0.717) is 0 Å². The van der Waals surface area contributed by atoms with Crippen LogP contribution in [-0.4, -0.2) is 12.0 Å². The van der Waals surface area contributed by atoms with E-state index in [-0.39, 0.29) is 5.76 Å². The maximum absolute atomic E-state index is 11.1. The fourth-order valence-electron chi connectivity index (χ4n) is 1.52. The molecule has 0 aliphatic carbocycles. The van der Waals surface area contributed by atoms with E-state index in [2.05, 4.69) is 16.9 Å². The van der Waals surface area contributed by atoms with Gasteiger partial charge in [-0.05, 0) is 25.0 Å². The highest BCUT2D eigenvalue weighted by atomic mass is 16.6. The zero-order chi connectivity index (χ0) is 13.0. The van der Waals surface area contributed by atoms with Crippen LogP contribution < -0.4 is 5.32 Å². The Hall–Kier alpha value is -2.36. The van der Waals surface area contributed by atoms with Crippen molar-refractivity contribution in [2.45, 2.75) is 13.3 Å². The van der Waals surface area contributed by atoms with Crippen molar-refractivity contribution in [3.05, 3.63) is 59.4 Å². The van der Waals surface area contributed by atoms with Gasteiger partial charge in [0.25, 0.3) is 5.91 Å². The molecule has 0 aromatic heterocycles. The molecule has 0 radical (unpaired) electrons. The Morgan fingerprint density at radius 1 is 1.22 bits per heavy atom. The molecule has 1 fully saturated rings. The first kappa shape index (κ1) is 12.1. The van der Waals surface area contributed by atoms with E-state index in [1.54, 1.807) is 6.08 Å². The normalized spacial score (nSPS) is 17.3. The number of alkyl carbamates (subject to hydrolysis) is 1. The van der Waals surface area contributed by atoms with E-state index < -0.39 is 12.0 Å². The Morgan fingerprint density at radius 2 is 1.94 bits per heavy atom. The van der Waals surface area contributed by atoms with E-state index in [1.807, 2.05) is 30.4 Å². The number of nitrogens with one attached hydrogen (secondary N) is 1. The van der Waals surface area contributed by atoms with Crippen molar-refractivity contribution in [3.8, 4) is 0 Å². The van der Waals surface area contributed by atoms with Crippen molar-refractivity contribution in [2.75, 3.05) is 0 Å². The fourth-order valence-corrected chi connectivity index (χ4v) is 1.52. The quantitative estimate of drug-likeness (QED) is 0.828. The minimum absolute atomic E-state index is 0.0279. The molecule has 1 aromatic rings. The van der Waals surface area contributed by atoms with E-state index >= 15 is 0 Å². The van der Waals surface area contributed by atoms with Gasteiger partial charge in [0.2, 0.25) is 0 Å². The largest absolute Gasteiger partial charge is 0.419 e. The predicted molar refractivity (Wildman–Crippen MR) is 66.7 cm³/mol. The molecule has 4 nitrogen and oxygen atoms in total. The molecule has 2 rings (SSSR count). The zero-order valence-electron chi connectivity index (χ0n) is 9.97. The van der Waals surface area contributed by atoms with Crippen molar-refractivity contribution in [3.63, 3.8) is 0 Å². The molecule has 18 heavy (non-hydrogen) atoms. The second-order valence-electron chi connectivity index (χ2n) is 3.99. The smallest absolute Gasteiger partial charge is 0.404 e. The van der Waals surface area contributed by atoms with Crippen LogP contribution in [0.1, 0.15) is 11.1 Å². The molecule has 0 atom stereocenters. The van der Waals surface area contributed by atoms with Gasteiger partial charge in [0, 0.05) is 0 Å². The highest BCUT2D eigenvalue weighted by molar-refractivity contribution is 6.07. The first-order chi connectivity index (χ1) is 8.65. The average molecular weight is 243 g/mol. The molecule has 1 aliphatic heterocycles. The second kappa shape index (κ2) is 5.31. The summed E-state index contributed by atoms with van der Waals surface area (Å²) in [7, 11) is 0. The SMILES string of the molecule is Cc1ccc(C/C=C/C=C2/OC(=O)NC2=O)cc1. The van der Waals surface area contributed by atoms with E-state index in [1.165, 1.54) is 17.2 Å². The summed E-state index contributed by atoms with van der Waals surface area (Å²) in [6.45, 7) is 2.04. The van der Waals surface area contributed by atoms with Gasteiger partial charge in [-0.1, -0.05) is 42.0 Å². The van der Waals surface area contributed by atoms with Gasteiger partial charge in [-0.3, -0.25) is 10.1 Å². The predicted octanol–water partition coefficient (Wildman–Crippen LogP) is 2.24. The van der Waals surface area contributed by atoms with Crippen molar-refractivity contribution in [1.82, 2.24) is 5.32 Å². The van der Waals surface area contributed by atoms with Gasteiger partial charge in [-0.2, -0.15) is 0 Å². The Kier molecular flexibility index (Phi) is 3.57. The summed E-state index contributed by atoms with van der Waals surface area (Å²) >= 11 is 0. The third kappa shape index (κ3) is 3.07. The Morgan fingerprint density at radius 3 is 2.56 bits per heavy atom. The van der Waals surface area contributed by atoms with Gasteiger partial charge in [-0.25, -0.2) is 4.79 Å². The molecule has 92 valence electrons. The third-order valence-corrected chi connectivity index (χ3v) is 2.50. The number of amides is 2. The molecule has 0 unspecified atom stereocenters. The number of imide groups is 1. The van der Waals surface area contributed by atoms with Gasteiger partial charge < -0.3 is 4.74 Å². The van der Waals surface area contributed by atoms with E-state index in [9.17, 15) is 9.59 Å². The Labute approximate surface area is 105 Å². The second-order valence-corrected chi connectivity index (χ2v) is 3.99. The standard InChI is InChI=1S/C14H13NO3/c1-10-6-8-11(9-7-10)4-2-3-5-12-13(16)15-14(17)18-12/h2-3,5-9H,4H2,1H3,(H,15,16,17)/b3-2+,12-5+. The molecule has 1 saturated heterocycles. The highest BCUT2D eigenvalue weighted by Crippen LogP contribution is 2.07. The van der Waals surface area contributed by atoms with Crippen LogP contribution in [0.15, 0.2) is 48.3 Å². The van der Waals surface area contributed by atoms with Crippen LogP contribution in [0.3, 0.4) is 0 Å². The lowest BCUT2D eigenvalue weighted by Crippen LogP contribution is -2.18. The Balaban J connectivity index is 1.92. The van der Waals surface area contributed by atoms with Crippen molar-refractivity contribution in [1.29, 1.82) is 0 Å². The molecule has 2 amide bonds. The molecule has 0 bridgehead atoms. The van der Waals surface area contributed by atoms with Gasteiger partial charge in [-0.15, -0.1) is 0 Å². The third-order valence-electron chi connectivity index (χ3n) is 2.50. The van der Waals surface area contributed by atoms with Crippen LogP contribution in [0, 0.1) is 6.92 Å². The molecule has 0 saturated carbocycles. The Bertz CT molecular complexity index is 526. The maximum Gasteiger partial charge on any atom is 0.419 e. The highest BCUT2D eigenvalue weighted by Gasteiger charge is 2.25. The molecule has 1 aromatic carbocycles. The molecule has 0 spiro atoms. The average Bonchev–Trinajstić information content (AvgIpc) is 2.66. The maximum atomic E-state index is 11.1. The molecule has 4 heteroatoms. The van der Waals surface area contributed by atoms with Crippen molar-refractivity contribution in [2.24, 2.45) is 0 Å². The summed E-state index contributed by atoms with van der Waals surface area (Å²) in [5, 5.41) is 2.03. The van der Waals surface area contributed by atoms with Crippen LogP contribution in [0.2, 0.25) is 0 Å². The lowest BCUT2D eigenvalue weighted by Gasteiger charge is -1.96. The van der Waals surface area contributed by atoms with Crippen molar-refractivity contribution < 1.29 is 14.3 Å². The molecular weight excluding hydrogens is 230 g/mol. The number of hydrogen-bond acceptors (Lipinski definition) is 3. The molecule has 1 aliphatic rings. The molecule has 1 heterocycles. The van der Waals surface area contributed by atoms with Crippen LogP contribution in [0.25, 0.3) is 0 Å². The number of carbonyl (C=O) groups is 2. The number of benzene rings is 1. The number of rotatable bonds is 3. The number of carbonyl (C=O) groups excluding carboxylic acids is 2. The lowest BCUT2D eigenvalue weighted by atomic mass is 10.1. The number of hydrogen-bond donors (Lipinski definition) is 1. The van der Waals surface area contributed by atoms with E-state index in [0.717, 1.165) is 6.42 Å². The fraction of sp³-hybridized carbons (Fsp3) is 0.143. The van der Waals surface area contributed by atoms with Gasteiger partial charge >= 0.3 is 6.09 Å². The summed E-state index contributed by atoms with van der Waals surface area (Å²) in [5.74, 6) is -0.472. The number of ether oxygens (including phenoxy) is 1. The minimum atomic E-state index is -0.724. The molecule has 1 N–H and O–H groups in total. The minimum Gasteiger partial charge on any atom is -0.404 e. The van der Waals surface area contributed by atoms with Crippen LogP contribution in [0.5, 0.6) is 0 Å². The van der Waals surface area contributed by atoms with Crippen molar-refractivity contribution >= 4 is 12.0 Å². The summed E-state index contributed by atoms with van der Waals surface area (Å²) in [4.78, 5) is 21.9. The van der Waals surface area contributed by atoms with Crippen LogP contribution in [-0.2, 0) is 16.0 Å². The number of aryl methyl sites for hydroxylation is 1. The lowest BCUT2D eigenvalue weighted by molar-refractivity contribution is -0.116. The first-order valence-corrected chi connectivity index (χ1v) is 5.61. The van der Waals surface area contributed by atoms with Gasteiger partial charge in [0.05, 0.1) is 0 Å². The first-order valence-electron chi connectivity index (χ1n) is 5.61. The number of allylic oxidation sites excluding steroid dienone is 3. The number of cyclic esters (lactones) is 1.